The van der Waals surface area contributed by atoms with Crippen LogP contribution in [0.1, 0.15) is 17.3 Å². The van der Waals surface area contributed by atoms with Gasteiger partial charge in [-0.1, -0.05) is 6.07 Å². The fraction of sp³-hybridized carbons (Fsp3) is 0.231. The first-order valence-electron chi connectivity index (χ1n) is 5.73. The molecule has 2 rings (SSSR count). The Bertz CT molecular complexity index is 575. The fourth-order valence-electron chi connectivity index (χ4n) is 1.71. The zero-order valence-corrected chi connectivity index (χ0v) is 10.3. The molecule has 1 aromatic carbocycles. The Hall–Kier alpha value is -2.21. The first kappa shape index (κ1) is 13.2. The van der Waals surface area contributed by atoms with Gasteiger partial charge < -0.3 is 15.7 Å². The quantitative estimate of drug-likeness (QED) is 0.721. The van der Waals surface area contributed by atoms with Gasteiger partial charge in [0.05, 0.1) is 11.3 Å². The number of nitrogens with one attached hydrogen (secondary N) is 2. The number of para-hydroxylation sites is 1. The van der Waals surface area contributed by atoms with E-state index in [0.717, 1.165) is 11.6 Å². The third kappa shape index (κ3) is 2.63. The van der Waals surface area contributed by atoms with Crippen LogP contribution in [0, 0.1) is 5.82 Å². The number of rotatable bonds is 3. The van der Waals surface area contributed by atoms with E-state index in [1.807, 2.05) is 0 Å². The molecule has 1 heterocycles. The lowest BCUT2D eigenvalue weighted by molar-refractivity contribution is -0.112. The summed E-state index contributed by atoms with van der Waals surface area (Å²) in [5.41, 5.74) is 0.856. The molecule has 1 fully saturated rings. The maximum atomic E-state index is 13.6. The fourth-order valence-corrected chi connectivity index (χ4v) is 1.71. The molecule has 0 aliphatic carbocycles. The van der Waals surface area contributed by atoms with E-state index in [2.05, 4.69) is 10.6 Å². The van der Waals surface area contributed by atoms with Crippen LogP contribution in [0.25, 0.3) is 0 Å². The number of aromatic carboxylic acids is 1. The predicted octanol–water partition coefficient (Wildman–Crippen LogP) is 1.38. The molecule has 5 nitrogen and oxygen atoms in total. The molecule has 19 heavy (non-hydrogen) atoms. The van der Waals surface area contributed by atoms with Crippen LogP contribution in [0.2, 0.25) is 0 Å². The first-order valence-corrected chi connectivity index (χ1v) is 5.73. The summed E-state index contributed by atoms with van der Waals surface area (Å²) >= 11 is 0. The van der Waals surface area contributed by atoms with Crippen molar-refractivity contribution in [3.8, 4) is 0 Å². The van der Waals surface area contributed by atoms with E-state index in [9.17, 15) is 14.0 Å². The molecule has 0 aromatic heterocycles. The van der Waals surface area contributed by atoms with Gasteiger partial charge in [0.15, 0.2) is 0 Å². The Kier molecular flexibility index (Phi) is 3.62. The summed E-state index contributed by atoms with van der Waals surface area (Å²) in [6, 6.07) is 3.64. The molecule has 0 unspecified atom stereocenters. The molecule has 0 spiro atoms. The number of halogens is 1. The van der Waals surface area contributed by atoms with Crippen LogP contribution in [-0.2, 0) is 4.79 Å². The first-order chi connectivity index (χ1) is 9.00. The maximum absolute atomic E-state index is 13.6. The largest absolute Gasteiger partial charge is 0.478 e. The van der Waals surface area contributed by atoms with Gasteiger partial charge in [-0.05, 0) is 24.6 Å². The smallest absolute Gasteiger partial charge is 0.337 e. The highest BCUT2D eigenvalue weighted by molar-refractivity contribution is 6.07. The van der Waals surface area contributed by atoms with Crippen molar-refractivity contribution in [1.29, 1.82) is 0 Å². The van der Waals surface area contributed by atoms with Crippen LogP contribution in [0.3, 0.4) is 0 Å². The molecule has 0 radical (unpaired) electrons. The molecule has 0 atom stereocenters. The molecule has 1 aliphatic heterocycles. The van der Waals surface area contributed by atoms with Gasteiger partial charge in [-0.3, -0.25) is 4.79 Å². The van der Waals surface area contributed by atoms with E-state index in [-0.39, 0.29) is 11.3 Å². The van der Waals surface area contributed by atoms with Gasteiger partial charge >= 0.3 is 5.97 Å². The van der Waals surface area contributed by atoms with Crippen LogP contribution in [0.5, 0.6) is 0 Å². The zero-order chi connectivity index (χ0) is 14.0. The number of hydrogen-bond donors (Lipinski definition) is 3. The summed E-state index contributed by atoms with van der Waals surface area (Å²) < 4.78 is 13.6. The Morgan fingerprint density at radius 3 is 2.58 bits per heavy atom. The lowest BCUT2D eigenvalue weighted by atomic mass is 10.0. The Morgan fingerprint density at radius 2 is 2.05 bits per heavy atom. The van der Waals surface area contributed by atoms with E-state index in [0.29, 0.717) is 18.7 Å². The van der Waals surface area contributed by atoms with E-state index in [4.69, 9.17) is 5.11 Å². The SMILES string of the molecule is CC(C(=O)Nc1c(F)cccc1C(=O)O)=C1CNC1. The van der Waals surface area contributed by atoms with Gasteiger partial charge in [0.2, 0.25) is 0 Å². The Balaban J connectivity index is 2.28. The molecule has 100 valence electrons. The minimum absolute atomic E-state index is 0.266. The topological polar surface area (TPSA) is 78.4 Å². The van der Waals surface area contributed by atoms with Gasteiger partial charge in [-0.15, -0.1) is 0 Å². The van der Waals surface area contributed by atoms with Crippen LogP contribution in [0.15, 0.2) is 29.3 Å². The lowest BCUT2D eigenvalue weighted by Gasteiger charge is -2.21. The molecular weight excluding hydrogens is 251 g/mol. The summed E-state index contributed by atoms with van der Waals surface area (Å²) in [5.74, 6) is -2.53. The molecule has 3 N–H and O–H groups in total. The summed E-state index contributed by atoms with van der Waals surface area (Å²) in [4.78, 5) is 22.9. The number of amides is 1. The second kappa shape index (κ2) is 5.19. The van der Waals surface area contributed by atoms with Crippen molar-refractivity contribution in [3.63, 3.8) is 0 Å². The number of carboxylic acid groups (broad SMARTS) is 1. The second-order valence-corrected chi connectivity index (χ2v) is 4.25. The van der Waals surface area contributed by atoms with Crippen LogP contribution in [-0.4, -0.2) is 30.1 Å². The Morgan fingerprint density at radius 1 is 1.37 bits per heavy atom. The van der Waals surface area contributed by atoms with Crippen molar-refractivity contribution in [2.75, 3.05) is 18.4 Å². The van der Waals surface area contributed by atoms with Crippen molar-refractivity contribution in [2.45, 2.75) is 6.92 Å². The second-order valence-electron chi connectivity index (χ2n) is 4.25. The van der Waals surface area contributed by atoms with Crippen LogP contribution >= 0.6 is 0 Å². The standard InChI is InChI=1S/C13H13FN2O3/c1-7(8-5-15-6-8)12(17)16-11-9(13(18)19)3-2-4-10(11)14/h2-4,15H,5-6H2,1H3,(H,16,17)(H,18,19). The number of carbonyl (C=O) groups is 2. The Labute approximate surface area is 109 Å². The molecule has 0 bridgehead atoms. The average molecular weight is 264 g/mol. The number of carboxylic acids is 1. The monoisotopic (exact) mass is 264 g/mol. The van der Waals surface area contributed by atoms with Crippen molar-refractivity contribution in [1.82, 2.24) is 5.32 Å². The summed E-state index contributed by atoms with van der Waals surface area (Å²) in [6.07, 6.45) is 0. The number of hydrogen-bond acceptors (Lipinski definition) is 3. The highest BCUT2D eigenvalue weighted by Crippen LogP contribution is 2.21. The van der Waals surface area contributed by atoms with Crippen LogP contribution in [0.4, 0.5) is 10.1 Å². The highest BCUT2D eigenvalue weighted by Gasteiger charge is 2.20. The van der Waals surface area contributed by atoms with Gasteiger partial charge in [-0.2, -0.15) is 0 Å². The number of benzene rings is 1. The van der Waals surface area contributed by atoms with Crippen molar-refractivity contribution in [2.24, 2.45) is 0 Å². The van der Waals surface area contributed by atoms with E-state index in [1.54, 1.807) is 6.92 Å². The van der Waals surface area contributed by atoms with Gasteiger partial charge in [0.25, 0.3) is 5.91 Å². The van der Waals surface area contributed by atoms with Crippen molar-refractivity contribution in [3.05, 3.63) is 40.7 Å². The van der Waals surface area contributed by atoms with Gasteiger partial charge in [0, 0.05) is 18.7 Å². The zero-order valence-electron chi connectivity index (χ0n) is 10.3. The molecule has 1 aliphatic rings. The van der Waals surface area contributed by atoms with Gasteiger partial charge in [-0.25, -0.2) is 9.18 Å². The highest BCUT2D eigenvalue weighted by atomic mass is 19.1. The maximum Gasteiger partial charge on any atom is 0.337 e. The van der Waals surface area contributed by atoms with E-state index < -0.39 is 17.7 Å². The molecule has 6 heteroatoms. The number of anilines is 1. The molecule has 1 aromatic rings. The van der Waals surface area contributed by atoms with Gasteiger partial charge in [0.1, 0.15) is 5.82 Å². The van der Waals surface area contributed by atoms with Crippen molar-refractivity contribution < 1.29 is 19.1 Å². The molecule has 1 amide bonds. The van der Waals surface area contributed by atoms with Crippen molar-refractivity contribution >= 4 is 17.6 Å². The summed E-state index contributed by atoms with van der Waals surface area (Å²) in [6.45, 7) is 2.89. The molecular formula is C13H13FN2O3. The third-order valence-electron chi connectivity index (χ3n) is 3.03. The van der Waals surface area contributed by atoms with Crippen LogP contribution < -0.4 is 10.6 Å². The normalized spacial score (nSPS) is 13.7. The lowest BCUT2D eigenvalue weighted by Crippen LogP contribution is -2.36. The van der Waals surface area contributed by atoms with E-state index in [1.165, 1.54) is 12.1 Å². The molecule has 1 saturated heterocycles. The average Bonchev–Trinajstić information content (AvgIpc) is 2.28. The number of carbonyl (C=O) groups excluding carboxylic acids is 1. The summed E-state index contributed by atoms with van der Waals surface area (Å²) in [7, 11) is 0. The predicted molar refractivity (Wildman–Crippen MR) is 67.6 cm³/mol. The molecule has 0 saturated carbocycles. The third-order valence-corrected chi connectivity index (χ3v) is 3.03. The summed E-state index contributed by atoms with van der Waals surface area (Å²) in [5, 5.41) is 14.3. The minimum Gasteiger partial charge on any atom is -0.478 e. The minimum atomic E-state index is -1.29. The van der Waals surface area contributed by atoms with E-state index >= 15 is 0 Å².